The van der Waals surface area contributed by atoms with Crippen LogP contribution < -0.4 is 10.5 Å². The predicted molar refractivity (Wildman–Crippen MR) is 108 cm³/mol. The zero-order valence-electron chi connectivity index (χ0n) is 17.2. The average molecular weight is 380 g/mol. The highest BCUT2D eigenvalue weighted by Gasteiger charge is 2.45. The summed E-state index contributed by atoms with van der Waals surface area (Å²) in [5, 5.41) is 13.6. The monoisotopic (exact) mass is 380 g/mol. The summed E-state index contributed by atoms with van der Waals surface area (Å²) in [6, 6.07) is 9.86. The standard InChI is InChI=1S/C22H28N4O2/c1-6-28-18-10-8-7-9-14(18)19-15(13-23)21(24)26(25(4)5)16-11-22(2,3)12-17(27)20(16)19/h7-10,19H,6,11-12,24H2,1-5H3/t19-/m0/s1. The molecule has 0 unspecified atom stereocenters. The van der Waals surface area contributed by atoms with Crippen molar-refractivity contribution in [2.45, 2.75) is 39.5 Å². The quantitative estimate of drug-likeness (QED) is 0.863. The number of hydrogen-bond acceptors (Lipinski definition) is 6. The molecule has 1 heterocycles. The van der Waals surface area contributed by atoms with Crippen LogP contribution in [0, 0.1) is 16.7 Å². The molecule has 1 aliphatic carbocycles. The number of hydrogen-bond donors (Lipinski definition) is 1. The number of benzene rings is 1. The topological polar surface area (TPSA) is 82.6 Å². The van der Waals surface area contributed by atoms with Crippen molar-refractivity contribution in [2.75, 3.05) is 20.7 Å². The van der Waals surface area contributed by atoms with Gasteiger partial charge >= 0.3 is 0 Å². The van der Waals surface area contributed by atoms with E-state index >= 15 is 0 Å². The van der Waals surface area contributed by atoms with Crippen LogP contribution in [0.1, 0.15) is 45.1 Å². The largest absolute Gasteiger partial charge is 0.494 e. The number of carbonyl (C=O) groups excluding carboxylic acids is 1. The third-order valence-corrected chi connectivity index (χ3v) is 5.28. The fourth-order valence-electron chi connectivity index (χ4n) is 4.27. The smallest absolute Gasteiger partial charge is 0.162 e. The van der Waals surface area contributed by atoms with Crippen LogP contribution in [0.15, 0.2) is 46.9 Å². The SMILES string of the molecule is CCOc1ccccc1[C@H]1C(C#N)=C(N)N(N(C)C)C2=C1C(=O)CC(C)(C)C2. The van der Waals surface area contributed by atoms with Crippen molar-refractivity contribution in [3.8, 4) is 11.8 Å². The van der Waals surface area contributed by atoms with E-state index in [2.05, 4.69) is 19.9 Å². The molecule has 1 aromatic carbocycles. The van der Waals surface area contributed by atoms with E-state index in [-0.39, 0.29) is 11.2 Å². The van der Waals surface area contributed by atoms with Crippen LogP contribution in [0.2, 0.25) is 0 Å². The summed E-state index contributed by atoms with van der Waals surface area (Å²) in [6.45, 7) is 6.60. The van der Waals surface area contributed by atoms with Crippen LogP contribution in [0.3, 0.4) is 0 Å². The molecule has 0 amide bonds. The van der Waals surface area contributed by atoms with Crippen LogP contribution in [-0.2, 0) is 4.79 Å². The summed E-state index contributed by atoms with van der Waals surface area (Å²) in [7, 11) is 3.74. The maximum atomic E-state index is 13.3. The number of ketones is 1. The Kier molecular flexibility index (Phi) is 5.22. The van der Waals surface area contributed by atoms with E-state index in [4.69, 9.17) is 10.5 Å². The highest BCUT2D eigenvalue weighted by atomic mass is 16.5. The third kappa shape index (κ3) is 3.27. The Morgan fingerprint density at radius 1 is 1.32 bits per heavy atom. The van der Waals surface area contributed by atoms with Gasteiger partial charge in [0.2, 0.25) is 0 Å². The molecule has 6 heteroatoms. The van der Waals surface area contributed by atoms with E-state index in [1.54, 1.807) is 0 Å². The Bertz CT molecular complexity index is 905. The predicted octanol–water partition coefficient (Wildman–Crippen LogP) is 3.30. The molecule has 0 saturated heterocycles. The minimum absolute atomic E-state index is 0.0645. The lowest BCUT2D eigenvalue weighted by atomic mass is 9.69. The van der Waals surface area contributed by atoms with E-state index < -0.39 is 5.92 Å². The molecule has 2 N–H and O–H groups in total. The van der Waals surface area contributed by atoms with Gasteiger partial charge in [0.25, 0.3) is 0 Å². The molecule has 0 bridgehead atoms. The molecule has 0 radical (unpaired) electrons. The molecule has 1 aliphatic heterocycles. The van der Waals surface area contributed by atoms with Crippen molar-refractivity contribution < 1.29 is 9.53 Å². The number of nitrogens with zero attached hydrogens (tertiary/aromatic N) is 3. The van der Waals surface area contributed by atoms with E-state index in [1.807, 2.05) is 55.3 Å². The van der Waals surface area contributed by atoms with Gasteiger partial charge in [-0.1, -0.05) is 32.0 Å². The van der Waals surface area contributed by atoms with Crippen molar-refractivity contribution in [2.24, 2.45) is 11.1 Å². The summed E-state index contributed by atoms with van der Waals surface area (Å²) >= 11 is 0. The second-order valence-corrected chi connectivity index (χ2v) is 8.27. The zero-order chi connectivity index (χ0) is 20.6. The molecule has 0 fully saturated rings. The maximum Gasteiger partial charge on any atom is 0.162 e. The molecule has 2 aliphatic rings. The molecule has 1 atom stereocenters. The van der Waals surface area contributed by atoms with Gasteiger partial charge in [-0.15, -0.1) is 0 Å². The molecule has 1 aromatic rings. The molecule has 28 heavy (non-hydrogen) atoms. The van der Waals surface area contributed by atoms with Gasteiger partial charge in [0.1, 0.15) is 11.6 Å². The van der Waals surface area contributed by atoms with Crippen LogP contribution in [0.4, 0.5) is 0 Å². The van der Waals surface area contributed by atoms with E-state index in [0.29, 0.717) is 42.2 Å². The highest BCUT2D eigenvalue weighted by molar-refractivity contribution is 6.00. The van der Waals surface area contributed by atoms with Gasteiger partial charge in [-0.2, -0.15) is 5.26 Å². The number of ether oxygens (including phenoxy) is 1. The minimum Gasteiger partial charge on any atom is -0.494 e. The van der Waals surface area contributed by atoms with Crippen molar-refractivity contribution in [3.05, 3.63) is 52.5 Å². The lowest BCUT2D eigenvalue weighted by Gasteiger charge is -2.45. The molecular weight excluding hydrogens is 352 g/mol. The zero-order valence-corrected chi connectivity index (χ0v) is 17.2. The lowest BCUT2D eigenvalue weighted by Crippen LogP contribution is -2.47. The van der Waals surface area contributed by atoms with E-state index in [0.717, 1.165) is 11.3 Å². The van der Waals surface area contributed by atoms with Crippen LogP contribution >= 0.6 is 0 Å². The van der Waals surface area contributed by atoms with Gasteiger partial charge in [0.05, 0.1) is 24.2 Å². The molecule has 6 nitrogen and oxygen atoms in total. The Morgan fingerprint density at radius 3 is 2.61 bits per heavy atom. The van der Waals surface area contributed by atoms with Gasteiger partial charge in [0.15, 0.2) is 5.78 Å². The number of Topliss-reactive ketones (excluding diaryl/α,β-unsaturated/α-hetero) is 1. The molecule has 0 spiro atoms. The Balaban J connectivity index is 2.30. The normalized spacial score (nSPS) is 21.7. The number of carbonyl (C=O) groups is 1. The first-order valence-corrected chi connectivity index (χ1v) is 9.57. The first-order valence-electron chi connectivity index (χ1n) is 9.57. The van der Waals surface area contributed by atoms with Crippen LogP contribution in [0.5, 0.6) is 5.75 Å². The molecule has 3 rings (SSSR count). The molecule has 148 valence electrons. The first kappa shape index (κ1) is 20.0. The second-order valence-electron chi connectivity index (χ2n) is 8.27. The minimum atomic E-state index is -0.512. The second kappa shape index (κ2) is 7.33. The Labute approximate surface area is 166 Å². The lowest BCUT2D eigenvalue weighted by molar-refractivity contribution is -0.119. The third-order valence-electron chi connectivity index (χ3n) is 5.28. The highest BCUT2D eigenvalue weighted by Crippen LogP contribution is 2.50. The fraction of sp³-hybridized carbons (Fsp3) is 0.455. The molecule has 0 saturated carbocycles. The summed E-state index contributed by atoms with van der Waals surface area (Å²) in [5.41, 5.74) is 9.04. The summed E-state index contributed by atoms with van der Waals surface area (Å²) in [4.78, 5) is 13.3. The van der Waals surface area contributed by atoms with Crippen molar-refractivity contribution in [1.29, 1.82) is 5.26 Å². The van der Waals surface area contributed by atoms with Crippen molar-refractivity contribution >= 4 is 5.78 Å². The Morgan fingerprint density at radius 2 is 2.00 bits per heavy atom. The summed E-state index contributed by atoms with van der Waals surface area (Å²) < 4.78 is 5.82. The first-order chi connectivity index (χ1) is 13.2. The van der Waals surface area contributed by atoms with Gasteiger partial charge in [0, 0.05) is 37.3 Å². The van der Waals surface area contributed by atoms with Gasteiger partial charge in [-0.3, -0.25) is 9.80 Å². The number of rotatable bonds is 4. The van der Waals surface area contributed by atoms with E-state index in [1.165, 1.54) is 0 Å². The van der Waals surface area contributed by atoms with Gasteiger partial charge < -0.3 is 10.5 Å². The fourth-order valence-corrected chi connectivity index (χ4v) is 4.27. The van der Waals surface area contributed by atoms with Crippen molar-refractivity contribution in [1.82, 2.24) is 10.0 Å². The number of nitrogens with two attached hydrogens (primary N) is 1. The maximum absolute atomic E-state index is 13.3. The van der Waals surface area contributed by atoms with E-state index in [9.17, 15) is 10.1 Å². The number of hydrazine groups is 1. The van der Waals surface area contributed by atoms with Gasteiger partial charge in [-0.05, 0) is 24.8 Å². The summed E-state index contributed by atoms with van der Waals surface area (Å²) in [5.74, 6) is 0.601. The number of para-hydroxylation sites is 1. The number of allylic oxidation sites excluding steroid dienone is 3. The number of nitriles is 1. The van der Waals surface area contributed by atoms with Crippen molar-refractivity contribution in [3.63, 3.8) is 0 Å². The molecular formula is C22H28N4O2. The Hall–Kier alpha value is -2.78. The average Bonchev–Trinajstić information content (AvgIpc) is 2.60. The van der Waals surface area contributed by atoms with Crippen LogP contribution in [0.25, 0.3) is 0 Å². The summed E-state index contributed by atoms with van der Waals surface area (Å²) in [6.07, 6.45) is 1.15. The van der Waals surface area contributed by atoms with Crippen LogP contribution in [-0.4, -0.2) is 36.5 Å². The molecule has 0 aromatic heterocycles. The van der Waals surface area contributed by atoms with Gasteiger partial charge in [-0.25, -0.2) is 5.01 Å².